The molecule has 172 valence electrons. The van der Waals surface area contributed by atoms with Crippen molar-refractivity contribution in [1.29, 1.82) is 0 Å². The predicted octanol–water partition coefficient (Wildman–Crippen LogP) is 3.78. The summed E-state index contributed by atoms with van der Waals surface area (Å²) in [6.45, 7) is 3.05. The number of halogens is 3. The van der Waals surface area contributed by atoms with Crippen LogP contribution in [0.5, 0.6) is 0 Å². The zero-order chi connectivity index (χ0) is 23.1. The van der Waals surface area contributed by atoms with E-state index in [9.17, 15) is 22.8 Å². The first-order chi connectivity index (χ1) is 15.2. The number of hydrogen-bond donors (Lipinski definition) is 1. The van der Waals surface area contributed by atoms with Crippen molar-refractivity contribution in [2.24, 2.45) is 5.92 Å². The molecule has 0 radical (unpaired) electrons. The van der Waals surface area contributed by atoms with Crippen LogP contribution < -0.4 is 10.2 Å². The van der Waals surface area contributed by atoms with Crippen molar-refractivity contribution in [3.05, 3.63) is 59.8 Å². The molecule has 1 aromatic heterocycles. The smallest absolute Gasteiger partial charge is 0.417 e. The summed E-state index contributed by atoms with van der Waals surface area (Å²) in [5.41, 5.74) is 0.315. The quantitative estimate of drug-likeness (QED) is 0.652. The molecule has 0 bridgehead atoms. The van der Waals surface area contributed by atoms with Gasteiger partial charge in [0.1, 0.15) is 5.82 Å². The highest BCUT2D eigenvalue weighted by molar-refractivity contribution is 5.81. The molecule has 0 saturated carbocycles. The van der Waals surface area contributed by atoms with Crippen molar-refractivity contribution in [3.8, 4) is 0 Å². The van der Waals surface area contributed by atoms with E-state index in [1.54, 1.807) is 0 Å². The molecule has 1 atom stereocenters. The molecule has 1 N–H and O–H groups in total. The first-order valence-electron chi connectivity index (χ1n) is 10.5. The largest absolute Gasteiger partial charge is 0.455 e. The van der Waals surface area contributed by atoms with Gasteiger partial charge in [-0.2, -0.15) is 13.2 Å². The Labute approximate surface area is 184 Å². The van der Waals surface area contributed by atoms with Gasteiger partial charge in [0.15, 0.2) is 6.61 Å². The molecule has 1 amide bonds. The fraction of sp³-hybridized carbons (Fsp3) is 0.435. The molecule has 2 aromatic rings. The van der Waals surface area contributed by atoms with Gasteiger partial charge in [0, 0.05) is 25.8 Å². The minimum Gasteiger partial charge on any atom is -0.455 e. The number of anilines is 1. The number of hydrogen-bond acceptors (Lipinski definition) is 5. The second-order valence-electron chi connectivity index (χ2n) is 7.89. The maximum absolute atomic E-state index is 12.7. The number of pyridine rings is 1. The average Bonchev–Trinajstić information content (AvgIpc) is 2.81. The molecule has 6 nitrogen and oxygen atoms in total. The van der Waals surface area contributed by atoms with E-state index in [2.05, 4.69) is 10.3 Å². The van der Waals surface area contributed by atoms with E-state index >= 15 is 0 Å². The van der Waals surface area contributed by atoms with Gasteiger partial charge in [0.05, 0.1) is 11.5 Å². The maximum atomic E-state index is 12.7. The second kappa shape index (κ2) is 10.5. The number of carbonyl (C=O) groups excluding carboxylic acids is 2. The Balaban J connectivity index is 1.38. The number of esters is 1. The maximum Gasteiger partial charge on any atom is 0.417 e. The summed E-state index contributed by atoms with van der Waals surface area (Å²) >= 11 is 0. The molecule has 0 aliphatic carbocycles. The molecular formula is C23H26F3N3O3. The summed E-state index contributed by atoms with van der Waals surface area (Å²) < 4.78 is 43.2. The van der Waals surface area contributed by atoms with Gasteiger partial charge in [0.25, 0.3) is 5.91 Å². The Morgan fingerprint density at radius 3 is 2.44 bits per heavy atom. The number of rotatable bonds is 7. The van der Waals surface area contributed by atoms with E-state index in [1.165, 1.54) is 6.07 Å². The van der Waals surface area contributed by atoms with Crippen LogP contribution in [-0.4, -0.2) is 43.1 Å². The predicted molar refractivity (Wildman–Crippen MR) is 113 cm³/mol. The number of benzene rings is 1. The molecule has 1 unspecified atom stereocenters. The Bertz CT molecular complexity index is 896. The lowest BCUT2D eigenvalue weighted by molar-refractivity contribution is -0.153. The van der Waals surface area contributed by atoms with Gasteiger partial charge in [0.2, 0.25) is 0 Å². The fourth-order valence-corrected chi connectivity index (χ4v) is 3.56. The highest BCUT2D eigenvalue weighted by Gasteiger charge is 2.31. The zero-order valence-electron chi connectivity index (χ0n) is 17.8. The number of nitrogens with zero attached hydrogens (tertiary/aromatic N) is 2. The van der Waals surface area contributed by atoms with Crippen LogP contribution in [0, 0.1) is 5.92 Å². The minimum absolute atomic E-state index is 0.138. The number of piperidine rings is 1. The van der Waals surface area contributed by atoms with Crippen LogP contribution >= 0.6 is 0 Å². The van der Waals surface area contributed by atoms with E-state index in [-0.39, 0.29) is 24.3 Å². The number of amides is 1. The van der Waals surface area contributed by atoms with Crippen molar-refractivity contribution in [2.45, 2.75) is 31.9 Å². The van der Waals surface area contributed by atoms with Crippen molar-refractivity contribution in [3.63, 3.8) is 0 Å². The molecule has 1 fully saturated rings. The molecule has 2 heterocycles. The molecule has 3 rings (SSSR count). The highest BCUT2D eigenvalue weighted by Crippen LogP contribution is 2.30. The van der Waals surface area contributed by atoms with E-state index in [1.807, 2.05) is 42.2 Å². The van der Waals surface area contributed by atoms with E-state index in [0.29, 0.717) is 38.3 Å². The normalized spacial score (nSPS) is 15.8. The number of aromatic nitrogens is 1. The van der Waals surface area contributed by atoms with Crippen LogP contribution in [0.15, 0.2) is 48.7 Å². The van der Waals surface area contributed by atoms with Crippen molar-refractivity contribution < 1.29 is 27.5 Å². The van der Waals surface area contributed by atoms with Crippen molar-refractivity contribution >= 4 is 17.7 Å². The van der Waals surface area contributed by atoms with Crippen LogP contribution in [-0.2, 0) is 20.5 Å². The van der Waals surface area contributed by atoms with Crippen LogP contribution in [0.3, 0.4) is 0 Å². The molecule has 1 saturated heterocycles. The summed E-state index contributed by atoms with van der Waals surface area (Å²) in [6.07, 6.45) is -2.65. The van der Waals surface area contributed by atoms with Gasteiger partial charge < -0.3 is 15.0 Å². The number of carbonyl (C=O) groups is 2. The van der Waals surface area contributed by atoms with Gasteiger partial charge in [-0.25, -0.2) is 4.98 Å². The number of nitrogens with one attached hydrogen (secondary N) is 1. The van der Waals surface area contributed by atoms with Crippen LogP contribution in [0.25, 0.3) is 0 Å². The van der Waals surface area contributed by atoms with Gasteiger partial charge >= 0.3 is 12.1 Å². The standard InChI is InChI=1S/C23H26F3N3O3/c1-16(17-5-3-2-4-6-17)13-28-21(30)15-32-22(31)18-9-11-29(12-10-18)20-8-7-19(14-27-20)23(24,25)26/h2-8,14,16,18H,9-13,15H2,1H3,(H,28,30). The topological polar surface area (TPSA) is 71.5 Å². The SMILES string of the molecule is CC(CNC(=O)COC(=O)C1CCN(c2ccc(C(F)(F)F)cn2)CC1)c1ccccc1. The molecule has 9 heteroatoms. The summed E-state index contributed by atoms with van der Waals surface area (Å²) in [5.74, 6) is -0.559. The Kier molecular flexibility index (Phi) is 7.71. The third-order valence-electron chi connectivity index (χ3n) is 5.55. The van der Waals surface area contributed by atoms with E-state index in [0.717, 1.165) is 17.8 Å². The van der Waals surface area contributed by atoms with Gasteiger partial charge in [-0.05, 0) is 36.5 Å². The second-order valence-corrected chi connectivity index (χ2v) is 7.89. The lowest BCUT2D eigenvalue weighted by Gasteiger charge is -2.31. The monoisotopic (exact) mass is 449 g/mol. The minimum atomic E-state index is -4.42. The summed E-state index contributed by atoms with van der Waals surface area (Å²) in [4.78, 5) is 30.0. The van der Waals surface area contributed by atoms with Gasteiger partial charge in [-0.1, -0.05) is 37.3 Å². The average molecular weight is 449 g/mol. The summed E-state index contributed by atoms with van der Waals surface area (Å²) in [7, 11) is 0. The lowest BCUT2D eigenvalue weighted by Crippen LogP contribution is -2.38. The van der Waals surface area contributed by atoms with Crippen molar-refractivity contribution in [2.75, 3.05) is 31.1 Å². The molecular weight excluding hydrogens is 423 g/mol. The van der Waals surface area contributed by atoms with E-state index in [4.69, 9.17) is 4.74 Å². The fourth-order valence-electron chi connectivity index (χ4n) is 3.56. The van der Waals surface area contributed by atoms with Crippen molar-refractivity contribution in [1.82, 2.24) is 10.3 Å². The van der Waals surface area contributed by atoms with Gasteiger partial charge in [-0.15, -0.1) is 0 Å². The van der Waals surface area contributed by atoms with Gasteiger partial charge in [-0.3, -0.25) is 9.59 Å². The van der Waals surface area contributed by atoms with Crippen LogP contribution in [0.4, 0.5) is 19.0 Å². The first-order valence-corrected chi connectivity index (χ1v) is 10.5. The molecule has 1 aliphatic heterocycles. The Morgan fingerprint density at radius 1 is 1.16 bits per heavy atom. The third-order valence-corrected chi connectivity index (χ3v) is 5.55. The lowest BCUT2D eigenvalue weighted by atomic mass is 9.97. The van der Waals surface area contributed by atoms with Crippen LogP contribution in [0.2, 0.25) is 0 Å². The molecule has 1 aromatic carbocycles. The summed E-state index contributed by atoms with van der Waals surface area (Å²) in [5, 5.41) is 2.77. The number of alkyl halides is 3. The summed E-state index contributed by atoms with van der Waals surface area (Å²) in [6, 6.07) is 12.1. The molecule has 32 heavy (non-hydrogen) atoms. The van der Waals surface area contributed by atoms with E-state index < -0.39 is 17.7 Å². The van der Waals surface area contributed by atoms with Crippen LogP contribution in [0.1, 0.15) is 36.8 Å². The third kappa shape index (κ3) is 6.45. The zero-order valence-corrected chi connectivity index (χ0v) is 17.8. The first kappa shape index (κ1) is 23.6. The molecule has 0 spiro atoms. The Hall–Kier alpha value is -3.10. The Morgan fingerprint density at radius 2 is 1.84 bits per heavy atom. The molecule has 1 aliphatic rings. The highest BCUT2D eigenvalue weighted by atomic mass is 19.4. The number of ether oxygens (including phenoxy) is 1.